The molecule has 0 spiro atoms. The Kier molecular flexibility index (Phi) is 4.06. The third-order valence-corrected chi connectivity index (χ3v) is 4.16. The van der Waals surface area contributed by atoms with Crippen LogP contribution in [0, 0.1) is 5.92 Å². The van der Waals surface area contributed by atoms with Gasteiger partial charge >= 0.3 is 0 Å². The molecule has 4 unspecified atom stereocenters. The Morgan fingerprint density at radius 1 is 1.58 bits per heavy atom. The fourth-order valence-electron chi connectivity index (χ4n) is 1.79. The summed E-state index contributed by atoms with van der Waals surface area (Å²) in [5.41, 5.74) is 0. The van der Waals surface area contributed by atoms with Gasteiger partial charge in [-0.1, -0.05) is 6.42 Å². The normalized spacial score (nSPS) is 35.9. The van der Waals surface area contributed by atoms with Gasteiger partial charge in [-0.2, -0.15) is 12.6 Å². The van der Waals surface area contributed by atoms with Gasteiger partial charge in [0.25, 0.3) is 0 Å². The number of hydrogen-bond donors (Lipinski definition) is 2. The van der Waals surface area contributed by atoms with Gasteiger partial charge in [-0.15, -0.1) is 0 Å². The molecule has 1 aliphatic carbocycles. The van der Waals surface area contributed by atoms with Crippen LogP contribution in [0.3, 0.4) is 0 Å². The molecular weight excluding hydrogens is 192 g/mol. The molecule has 1 saturated carbocycles. The van der Waals surface area contributed by atoms with Crippen LogP contribution in [0.1, 0.15) is 32.6 Å². The molecule has 0 saturated heterocycles. The third kappa shape index (κ3) is 2.75. The molecule has 0 radical (unpaired) electrons. The van der Waals surface area contributed by atoms with Crippen molar-refractivity contribution in [1.29, 1.82) is 0 Å². The Morgan fingerprint density at radius 3 is 2.75 bits per heavy atom. The summed E-state index contributed by atoms with van der Waals surface area (Å²) in [5.74, 6) is 0.395. The van der Waals surface area contributed by atoms with Crippen LogP contribution in [0.5, 0.6) is 0 Å². The van der Waals surface area contributed by atoms with Crippen LogP contribution >= 0.6 is 12.6 Å². The summed E-state index contributed by atoms with van der Waals surface area (Å²) in [6.45, 7) is 1.85. The van der Waals surface area contributed by atoms with Gasteiger partial charge in [-0.25, -0.2) is 4.21 Å². The molecular formula is C8H16O2S2. The minimum absolute atomic E-state index is 0.0834. The van der Waals surface area contributed by atoms with Crippen molar-refractivity contribution in [1.82, 2.24) is 0 Å². The van der Waals surface area contributed by atoms with Crippen molar-refractivity contribution in [3.63, 3.8) is 0 Å². The summed E-state index contributed by atoms with van der Waals surface area (Å²) >= 11 is 2.75. The maximum atomic E-state index is 10.8. The second kappa shape index (κ2) is 4.63. The molecule has 1 aliphatic rings. The van der Waals surface area contributed by atoms with Crippen molar-refractivity contribution in [2.45, 2.75) is 43.1 Å². The molecule has 72 valence electrons. The number of thiol groups is 1. The summed E-state index contributed by atoms with van der Waals surface area (Å²) in [7, 11) is 0. The first-order chi connectivity index (χ1) is 5.61. The predicted octanol–water partition coefficient (Wildman–Crippen LogP) is 2.09. The molecule has 0 heterocycles. The van der Waals surface area contributed by atoms with Crippen LogP contribution in [-0.4, -0.2) is 19.3 Å². The van der Waals surface area contributed by atoms with Crippen molar-refractivity contribution in [3.8, 4) is 0 Å². The van der Waals surface area contributed by atoms with E-state index < -0.39 is 11.1 Å². The van der Waals surface area contributed by atoms with Crippen molar-refractivity contribution < 1.29 is 8.76 Å². The molecule has 4 heteroatoms. The van der Waals surface area contributed by atoms with Crippen LogP contribution in [0.2, 0.25) is 0 Å². The van der Waals surface area contributed by atoms with E-state index in [1.165, 1.54) is 0 Å². The predicted molar refractivity (Wildman–Crippen MR) is 55.0 cm³/mol. The molecule has 2 nitrogen and oxygen atoms in total. The summed E-state index contributed by atoms with van der Waals surface area (Å²) in [6.07, 6.45) is 4.39. The topological polar surface area (TPSA) is 37.3 Å². The lowest BCUT2D eigenvalue weighted by Crippen LogP contribution is -2.27. The van der Waals surface area contributed by atoms with Crippen molar-refractivity contribution in [2.75, 3.05) is 0 Å². The van der Waals surface area contributed by atoms with E-state index in [-0.39, 0.29) is 5.25 Å². The lowest BCUT2D eigenvalue weighted by atomic mass is 9.87. The third-order valence-electron chi connectivity index (χ3n) is 2.67. The summed E-state index contributed by atoms with van der Waals surface area (Å²) < 4.78 is 19.7. The summed E-state index contributed by atoms with van der Waals surface area (Å²) in [4.78, 5) is 0. The minimum Gasteiger partial charge on any atom is -0.306 e. The molecule has 0 amide bonds. The zero-order valence-corrected chi connectivity index (χ0v) is 8.98. The quantitative estimate of drug-likeness (QED) is 0.538. The highest BCUT2D eigenvalue weighted by Crippen LogP contribution is 2.31. The highest BCUT2D eigenvalue weighted by Gasteiger charge is 2.27. The fourth-order valence-corrected chi connectivity index (χ4v) is 2.82. The Hall–Kier alpha value is 0.460. The van der Waals surface area contributed by atoms with Gasteiger partial charge in [0.05, 0.1) is 5.25 Å². The van der Waals surface area contributed by atoms with Crippen LogP contribution in [-0.2, 0) is 11.1 Å². The van der Waals surface area contributed by atoms with Gasteiger partial charge in [0.15, 0.2) is 11.1 Å². The minimum atomic E-state index is -1.66. The summed E-state index contributed by atoms with van der Waals surface area (Å²) in [6, 6.07) is 0. The summed E-state index contributed by atoms with van der Waals surface area (Å²) in [5, 5.41) is 0.356. The van der Waals surface area contributed by atoms with E-state index in [4.69, 9.17) is 4.55 Å². The lowest BCUT2D eigenvalue weighted by Gasteiger charge is -2.28. The molecule has 0 bridgehead atoms. The molecule has 0 aromatic heterocycles. The molecule has 12 heavy (non-hydrogen) atoms. The van der Waals surface area contributed by atoms with Gasteiger partial charge in [-0.05, 0) is 32.1 Å². The van der Waals surface area contributed by atoms with E-state index in [0.29, 0.717) is 11.2 Å². The van der Waals surface area contributed by atoms with Crippen molar-refractivity contribution in [2.24, 2.45) is 5.92 Å². The first-order valence-corrected chi connectivity index (χ1v) is 6.07. The van der Waals surface area contributed by atoms with Gasteiger partial charge in [0.2, 0.25) is 0 Å². The monoisotopic (exact) mass is 208 g/mol. The van der Waals surface area contributed by atoms with Crippen molar-refractivity contribution in [3.05, 3.63) is 0 Å². The molecule has 1 N–H and O–H groups in total. The van der Waals surface area contributed by atoms with E-state index in [0.717, 1.165) is 25.7 Å². The highest BCUT2D eigenvalue weighted by atomic mass is 32.2. The van der Waals surface area contributed by atoms with Crippen LogP contribution in [0.25, 0.3) is 0 Å². The first-order valence-electron chi connectivity index (χ1n) is 4.39. The second-order valence-electron chi connectivity index (χ2n) is 3.56. The second-order valence-corrected chi connectivity index (χ2v) is 5.59. The van der Waals surface area contributed by atoms with E-state index >= 15 is 0 Å². The SMILES string of the molecule is CC(C1CCCC(S)C1)S(=O)O. The van der Waals surface area contributed by atoms with Crippen LogP contribution in [0.15, 0.2) is 0 Å². The smallest absolute Gasteiger partial charge is 0.155 e. The van der Waals surface area contributed by atoms with E-state index in [1.54, 1.807) is 0 Å². The van der Waals surface area contributed by atoms with Crippen LogP contribution in [0.4, 0.5) is 0 Å². The van der Waals surface area contributed by atoms with Gasteiger partial charge in [0, 0.05) is 5.25 Å². The highest BCUT2D eigenvalue weighted by molar-refractivity contribution is 7.81. The Bertz CT molecular complexity index is 172. The molecule has 4 atom stereocenters. The van der Waals surface area contributed by atoms with Crippen LogP contribution < -0.4 is 0 Å². The Labute approximate surface area is 81.8 Å². The fraction of sp³-hybridized carbons (Fsp3) is 1.00. The number of rotatable bonds is 2. The average molecular weight is 208 g/mol. The van der Waals surface area contributed by atoms with Crippen molar-refractivity contribution >= 4 is 23.7 Å². The Balaban J connectivity index is 2.45. The average Bonchev–Trinajstić information content (AvgIpc) is 2.03. The molecule has 0 aliphatic heterocycles. The van der Waals surface area contributed by atoms with E-state index in [2.05, 4.69) is 12.6 Å². The first kappa shape index (κ1) is 10.5. The van der Waals surface area contributed by atoms with Gasteiger partial charge in [0.1, 0.15) is 0 Å². The van der Waals surface area contributed by atoms with E-state index in [1.807, 2.05) is 6.92 Å². The maximum absolute atomic E-state index is 10.8. The zero-order valence-electron chi connectivity index (χ0n) is 7.27. The molecule has 1 rings (SSSR count). The largest absolute Gasteiger partial charge is 0.306 e. The maximum Gasteiger partial charge on any atom is 0.155 e. The molecule has 0 aromatic rings. The standard InChI is InChI=1S/C8H16O2S2/c1-6(12(9)10)7-3-2-4-8(11)5-7/h6-8,11H,2-5H2,1H3,(H,9,10). The van der Waals surface area contributed by atoms with E-state index in [9.17, 15) is 4.21 Å². The van der Waals surface area contributed by atoms with Gasteiger partial charge < -0.3 is 4.55 Å². The molecule has 0 aromatic carbocycles. The Morgan fingerprint density at radius 2 is 2.25 bits per heavy atom. The van der Waals surface area contributed by atoms with Gasteiger partial charge in [-0.3, -0.25) is 0 Å². The lowest BCUT2D eigenvalue weighted by molar-refractivity contribution is 0.354. The number of hydrogen-bond acceptors (Lipinski definition) is 2. The molecule has 1 fully saturated rings. The zero-order chi connectivity index (χ0) is 9.14.